The number of hydrogen-bond acceptors (Lipinski definition) is 4. The molecule has 22 heavy (non-hydrogen) atoms. The molecule has 114 valence electrons. The molecule has 2 aromatic rings. The van der Waals surface area contributed by atoms with Crippen molar-refractivity contribution in [2.45, 2.75) is 19.4 Å². The minimum absolute atomic E-state index is 0.0682. The smallest absolute Gasteiger partial charge is 0.260 e. The lowest BCUT2D eigenvalue weighted by atomic mass is 10.2. The third-order valence-corrected chi connectivity index (χ3v) is 3.60. The number of likely N-dealkylation sites (tertiary alicyclic amines) is 1. The van der Waals surface area contributed by atoms with Crippen molar-refractivity contribution in [1.29, 1.82) is 0 Å². The Hall–Kier alpha value is -2.63. The minimum Gasteiger partial charge on any atom is -0.619 e. The maximum Gasteiger partial charge on any atom is 0.260 e. The number of pyridine rings is 2. The van der Waals surface area contributed by atoms with Crippen molar-refractivity contribution in [3.63, 3.8) is 0 Å². The summed E-state index contributed by atoms with van der Waals surface area (Å²) in [5.74, 6) is 0.435. The molecule has 2 aromatic heterocycles. The van der Waals surface area contributed by atoms with Crippen molar-refractivity contribution in [2.24, 2.45) is 0 Å². The van der Waals surface area contributed by atoms with Crippen LogP contribution in [0.5, 0.6) is 5.88 Å². The number of ether oxygens (including phenoxy) is 1. The van der Waals surface area contributed by atoms with Crippen molar-refractivity contribution < 1.29 is 14.3 Å². The van der Waals surface area contributed by atoms with E-state index in [4.69, 9.17) is 4.74 Å². The van der Waals surface area contributed by atoms with Crippen molar-refractivity contribution >= 4 is 5.91 Å². The van der Waals surface area contributed by atoms with Gasteiger partial charge in [0.05, 0.1) is 6.54 Å². The summed E-state index contributed by atoms with van der Waals surface area (Å²) in [6, 6.07) is 8.83. The zero-order valence-electron chi connectivity index (χ0n) is 12.3. The highest BCUT2D eigenvalue weighted by molar-refractivity contribution is 5.93. The molecule has 1 aliphatic heterocycles. The lowest BCUT2D eigenvalue weighted by molar-refractivity contribution is -0.605. The van der Waals surface area contributed by atoms with Gasteiger partial charge in [0.1, 0.15) is 11.7 Å². The molecular formula is C16H17N3O3. The third-order valence-electron chi connectivity index (χ3n) is 3.60. The molecule has 0 radical (unpaired) electrons. The zero-order valence-corrected chi connectivity index (χ0v) is 12.3. The highest BCUT2D eigenvalue weighted by Gasteiger charge is 2.29. The highest BCUT2D eigenvalue weighted by Crippen LogP contribution is 2.18. The predicted octanol–water partition coefficient (Wildman–Crippen LogP) is 1.32. The number of aryl methyl sites for hydroxylation is 1. The van der Waals surface area contributed by atoms with Gasteiger partial charge in [0.15, 0.2) is 12.4 Å². The van der Waals surface area contributed by atoms with Crippen molar-refractivity contribution in [1.82, 2.24) is 9.88 Å². The van der Waals surface area contributed by atoms with Gasteiger partial charge in [-0.2, -0.15) is 4.73 Å². The first-order chi connectivity index (χ1) is 10.6. The van der Waals surface area contributed by atoms with Crippen LogP contribution in [0.4, 0.5) is 0 Å². The summed E-state index contributed by atoms with van der Waals surface area (Å²) < 4.78 is 6.46. The molecule has 0 aliphatic carbocycles. The Morgan fingerprint density at radius 1 is 1.41 bits per heavy atom. The first-order valence-electron chi connectivity index (χ1n) is 7.20. The molecule has 1 unspecified atom stereocenters. The standard InChI is InChI=1S/C16H17N3O3/c1-12-4-2-6-15(17-12)22-14-7-9-18(11-14)16(20)13-5-3-8-19(21)10-13/h2-6,8,10,14H,7,9,11H2,1H3. The van der Waals surface area contributed by atoms with Crippen LogP contribution in [-0.2, 0) is 0 Å². The number of carbonyl (C=O) groups is 1. The topological polar surface area (TPSA) is 69.4 Å². The van der Waals surface area contributed by atoms with Gasteiger partial charge in [-0.25, -0.2) is 4.98 Å². The summed E-state index contributed by atoms with van der Waals surface area (Å²) >= 11 is 0. The maximum absolute atomic E-state index is 12.4. The summed E-state index contributed by atoms with van der Waals surface area (Å²) in [5.41, 5.74) is 1.29. The molecule has 0 aromatic carbocycles. The zero-order chi connectivity index (χ0) is 15.5. The molecule has 1 aliphatic rings. The van der Waals surface area contributed by atoms with Gasteiger partial charge < -0.3 is 14.8 Å². The summed E-state index contributed by atoms with van der Waals surface area (Å²) in [4.78, 5) is 18.4. The van der Waals surface area contributed by atoms with Gasteiger partial charge in [-0.05, 0) is 19.1 Å². The Bertz CT molecular complexity index is 690. The molecule has 1 fully saturated rings. The molecule has 0 N–H and O–H groups in total. The fourth-order valence-electron chi connectivity index (χ4n) is 2.53. The van der Waals surface area contributed by atoms with Gasteiger partial charge in [0.25, 0.3) is 5.91 Å². The van der Waals surface area contributed by atoms with Crippen molar-refractivity contribution in [3.05, 3.63) is 59.2 Å². The van der Waals surface area contributed by atoms with E-state index >= 15 is 0 Å². The Labute approximate surface area is 128 Å². The molecule has 6 heteroatoms. The van der Waals surface area contributed by atoms with Crippen molar-refractivity contribution in [3.8, 4) is 5.88 Å². The van der Waals surface area contributed by atoms with Crippen LogP contribution >= 0.6 is 0 Å². The van der Waals surface area contributed by atoms with Crippen LogP contribution in [0.1, 0.15) is 22.5 Å². The fourth-order valence-corrected chi connectivity index (χ4v) is 2.53. The van der Waals surface area contributed by atoms with Gasteiger partial charge in [-0.1, -0.05) is 6.07 Å². The predicted molar refractivity (Wildman–Crippen MR) is 79.3 cm³/mol. The normalized spacial score (nSPS) is 17.5. The Morgan fingerprint density at radius 2 is 2.27 bits per heavy atom. The second-order valence-corrected chi connectivity index (χ2v) is 5.35. The Kier molecular flexibility index (Phi) is 3.91. The number of rotatable bonds is 3. The molecule has 0 bridgehead atoms. The lowest BCUT2D eigenvalue weighted by Crippen LogP contribution is -2.33. The molecule has 1 amide bonds. The van der Waals surface area contributed by atoms with Crippen LogP contribution in [-0.4, -0.2) is 35.0 Å². The van der Waals surface area contributed by atoms with E-state index in [2.05, 4.69) is 4.98 Å². The first kappa shape index (κ1) is 14.3. The lowest BCUT2D eigenvalue weighted by Gasteiger charge is -2.16. The minimum atomic E-state index is -0.145. The van der Waals surface area contributed by atoms with Crippen LogP contribution < -0.4 is 9.47 Å². The highest BCUT2D eigenvalue weighted by atomic mass is 16.5. The van der Waals surface area contributed by atoms with Crippen LogP contribution in [0.3, 0.4) is 0 Å². The van der Waals surface area contributed by atoms with E-state index in [0.717, 1.165) is 12.1 Å². The molecule has 0 saturated carbocycles. The third kappa shape index (κ3) is 3.16. The van der Waals surface area contributed by atoms with E-state index in [1.807, 2.05) is 25.1 Å². The summed E-state index contributed by atoms with van der Waals surface area (Å²) in [6.07, 6.45) is 3.33. The average Bonchev–Trinajstić information content (AvgIpc) is 2.95. The number of nitrogens with zero attached hydrogens (tertiary/aromatic N) is 3. The number of amides is 1. The van der Waals surface area contributed by atoms with E-state index < -0.39 is 0 Å². The van der Waals surface area contributed by atoms with Gasteiger partial charge in [0.2, 0.25) is 5.88 Å². The van der Waals surface area contributed by atoms with Crippen LogP contribution in [0.2, 0.25) is 0 Å². The number of carbonyl (C=O) groups excluding carboxylic acids is 1. The van der Waals surface area contributed by atoms with Gasteiger partial charge in [-0.3, -0.25) is 4.79 Å². The van der Waals surface area contributed by atoms with E-state index in [9.17, 15) is 10.0 Å². The molecule has 3 heterocycles. The van der Waals surface area contributed by atoms with E-state index in [1.54, 1.807) is 17.0 Å². The first-order valence-corrected chi connectivity index (χ1v) is 7.20. The second-order valence-electron chi connectivity index (χ2n) is 5.35. The number of hydrogen-bond donors (Lipinski definition) is 0. The monoisotopic (exact) mass is 299 g/mol. The summed E-state index contributed by atoms with van der Waals surface area (Å²) in [7, 11) is 0. The molecular weight excluding hydrogens is 282 g/mol. The largest absolute Gasteiger partial charge is 0.619 e. The maximum atomic E-state index is 12.4. The van der Waals surface area contributed by atoms with Crippen LogP contribution in [0.25, 0.3) is 0 Å². The fraction of sp³-hybridized carbons (Fsp3) is 0.312. The molecule has 0 spiro atoms. The van der Waals surface area contributed by atoms with Gasteiger partial charge >= 0.3 is 0 Å². The van der Waals surface area contributed by atoms with E-state index in [0.29, 0.717) is 29.3 Å². The Balaban J connectivity index is 1.63. The quantitative estimate of drug-likeness (QED) is 0.633. The van der Waals surface area contributed by atoms with Gasteiger partial charge in [0, 0.05) is 30.8 Å². The molecule has 1 saturated heterocycles. The van der Waals surface area contributed by atoms with Gasteiger partial charge in [-0.15, -0.1) is 0 Å². The van der Waals surface area contributed by atoms with Crippen LogP contribution in [0.15, 0.2) is 42.7 Å². The summed E-state index contributed by atoms with van der Waals surface area (Å²) in [5, 5.41) is 11.3. The molecule has 1 atom stereocenters. The van der Waals surface area contributed by atoms with Crippen LogP contribution in [0, 0.1) is 12.1 Å². The van der Waals surface area contributed by atoms with E-state index in [1.165, 1.54) is 12.4 Å². The average molecular weight is 299 g/mol. The van der Waals surface area contributed by atoms with E-state index in [-0.39, 0.29) is 12.0 Å². The molecule has 6 nitrogen and oxygen atoms in total. The summed E-state index contributed by atoms with van der Waals surface area (Å²) in [6.45, 7) is 3.02. The SMILES string of the molecule is Cc1cccc(OC2CCN(C(=O)c3ccc[n+]([O-])c3)C2)n1. The molecule has 3 rings (SSSR count). The number of aromatic nitrogens is 2. The second kappa shape index (κ2) is 6.01. The Morgan fingerprint density at radius 3 is 3.05 bits per heavy atom. The van der Waals surface area contributed by atoms with Crippen molar-refractivity contribution in [2.75, 3.05) is 13.1 Å².